The molecule has 3 heterocycles. The van der Waals surface area contributed by atoms with E-state index in [2.05, 4.69) is 37.5 Å². The molecule has 2 bridgehead atoms. The fourth-order valence-corrected chi connectivity index (χ4v) is 6.60. The minimum atomic E-state index is -5.15. The third-order valence-electron chi connectivity index (χ3n) is 9.00. The number of unbranched alkanes of at least 4 members (excludes halogenated alkanes) is 4. The molecular formula is C35H62N6O10S. The molecule has 0 radical (unpaired) electrons. The van der Waals surface area contributed by atoms with Crippen LogP contribution in [0, 0.1) is 0 Å². The Morgan fingerprint density at radius 2 is 1.46 bits per heavy atom. The molecule has 0 spiro atoms. The molecule has 2 atom stereocenters. The number of urea groups is 1. The van der Waals surface area contributed by atoms with Crippen LogP contribution in [0.1, 0.15) is 113 Å². The Morgan fingerprint density at radius 1 is 0.904 bits per heavy atom. The predicted octanol–water partition coefficient (Wildman–Crippen LogP) is 4.76. The molecule has 0 saturated carbocycles. The zero-order valence-corrected chi connectivity index (χ0v) is 33.0. The number of hydrogen-bond acceptors (Lipinski definition) is 10. The quantitative estimate of drug-likeness (QED) is 0.0887. The minimum absolute atomic E-state index is 0.0110. The van der Waals surface area contributed by atoms with Crippen molar-refractivity contribution in [1.82, 2.24) is 25.2 Å². The molecular weight excluding hydrogens is 696 g/mol. The van der Waals surface area contributed by atoms with Gasteiger partial charge in [-0.25, -0.2) is 23.5 Å². The summed E-state index contributed by atoms with van der Waals surface area (Å²) < 4.78 is 43.4. The molecule has 16 nitrogen and oxygen atoms in total. The van der Waals surface area contributed by atoms with Gasteiger partial charge in [0.1, 0.15) is 11.6 Å². The molecule has 3 aliphatic rings. The van der Waals surface area contributed by atoms with Gasteiger partial charge in [-0.2, -0.15) is 9.35 Å². The van der Waals surface area contributed by atoms with Gasteiger partial charge >= 0.3 is 12.1 Å². The van der Waals surface area contributed by atoms with Gasteiger partial charge in [-0.05, 0) is 65.4 Å². The Balaban J connectivity index is 0.000000465. The van der Waals surface area contributed by atoms with E-state index in [0.717, 1.165) is 9.80 Å². The van der Waals surface area contributed by atoms with Crippen molar-refractivity contribution in [3.8, 4) is 0 Å². The van der Waals surface area contributed by atoms with E-state index in [4.69, 9.17) is 9.57 Å². The lowest BCUT2D eigenvalue weighted by Crippen LogP contribution is -2.50. The summed E-state index contributed by atoms with van der Waals surface area (Å²) in [6, 6.07) is -2.62. The first-order valence-electron chi connectivity index (χ1n) is 18.7. The van der Waals surface area contributed by atoms with Crippen LogP contribution in [-0.4, -0.2) is 125 Å². The van der Waals surface area contributed by atoms with Crippen LogP contribution in [0.3, 0.4) is 0 Å². The fourth-order valence-electron chi connectivity index (χ4n) is 6.22. The first kappa shape index (κ1) is 44.9. The minimum Gasteiger partial charge on any atom is -0.724 e. The highest BCUT2D eigenvalue weighted by Crippen LogP contribution is 2.30. The third-order valence-corrected chi connectivity index (χ3v) is 9.34. The van der Waals surface area contributed by atoms with Crippen LogP contribution < -0.4 is 5.48 Å². The Bertz CT molecular complexity index is 1300. The number of quaternary nitrogens is 1. The molecule has 298 valence electrons. The highest BCUT2D eigenvalue weighted by Gasteiger charge is 2.49. The van der Waals surface area contributed by atoms with Gasteiger partial charge in [-0.15, -0.1) is 0 Å². The summed E-state index contributed by atoms with van der Waals surface area (Å²) >= 11 is 0. The molecule has 2 saturated heterocycles. The molecule has 1 N–H and O–H groups in total. The fraction of sp³-hybridized carbons (Fsp3) is 0.771. The van der Waals surface area contributed by atoms with E-state index in [1.807, 2.05) is 0 Å². The van der Waals surface area contributed by atoms with Crippen LogP contribution in [0.15, 0.2) is 24.7 Å². The molecule has 2 fully saturated rings. The Morgan fingerprint density at radius 3 is 1.96 bits per heavy atom. The van der Waals surface area contributed by atoms with E-state index in [1.54, 1.807) is 26.8 Å². The molecule has 52 heavy (non-hydrogen) atoms. The topological polar surface area (TPSA) is 178 Å². The van der Waals surface area contributed by atoms with Crippen LogP contribution in [-0.2, 0) is 33.8 Å². The van der Waals surface area contributed by atoms with Gasteiger partial charge in [-0.1, -0.05) is 53.4 Å². The monoisotopic (exact) mass is 758 g/mol. The molecule has 3 rings (SSSR count). The normalized spacial score (nSPS) is 19.0. The van der Waals surface area contributed by atoms with Gasteiger partial charge in [0.2, 0.25) is 10.4 Å². The largest absolute Gasteiger partial charge is 0.724 e. The van der Waals surface area contributed by atoms with Crippen molar-refractivity contribution in [2.75, 3.05) is 45.9 Å². The van der Waals surface area contributed by atoms with E-state index in [-0.39, 0.29) is 25.9 Å². The lowest BCUT2D eigenvalue weighted by atomic mass is 10.0. The smallest absolute Gasteiger partial charge is 0.414 e. The van der Waals surface area contributed by atoms with E-state index < -0.39 is 58.6 Å². The molecule has 3 aliphatic heterocycles. The number of piperidine rings is 1. The number of ether oxygens (including phenoxy) is 1. The van der Waals surface area contributed by atoms with Crippen molar-refractivity contribution in [3.63, 3.8) is 0 Å². The van der Waals surface area contributed by atoms with Crippen molar-refractivity contribution < 1.29 is 50.5 Å². The number of nitrogens with one attached hydrogen (secondary N) is 1. The van der Waals surface area contributed by atoms with Crippen LogP contribution in [0.4, 0.5) is 9.59 Å². The third kappa shape index (κ3) is 15.0. The second-order valence-corrected chi connectivity index (χ2v) is 15.5. The lowest BCUT2D eigenvalue weighted by molar-refractivity contribution is -0.929. The maximum atomic E-state index is 12.5. The summed E-state index contributed by atoms with van der Waals surface area (Å²) in [5.74, 6) is -1.29. The number of carbonyl (C=O) groups is 4. The lowest BCUT2D eigenvalue weighted by Gasteiger charge is -2.39. The highest BCUT2D eigenvalue weighted by molar-refractivity contribution is 7.80. The molecule has 17 heteroatoms. The summed E-state index contributed by atoms with van der Waals surface area (Å²) in [5, 5.41) is 0.457. The number of rotatable bonds is 18. The van der Waals surface area contributed by atoms with E-state index in [0.29, 0.717) is 5.06 Å². The van der Waals surface area contributed by atoms with Crippen molar-refractivity contribution in [2.45, 2.75) is 130 Å². The second-order valence-electron chi connectivity index (χ2n) is 14.5. The molecule has 0 unspecified atom stereocenters. The number of carbonyl (C=O) groups excluding carboxylic acids is 4. The summed E-state index contributed by atoms with van der Waals surface area (Å²) in [7, 11) is -5.15. The van der Waals surface area contributed by atoms with E-state index in [1.165, 1.54) is 106 Å². The van der Waals surface area contributed by atoms with Crippen molar-refractivity contribution in [1.29, 1.82) is 0 Å². The standard InChI is InChI=1S/C19H27N5O10S.C16H36N/c1-19(2,3)33-18(28)22-8-4-7-21(9-10-22)15(25)12-32-20-16(26)14-6-5-13-11-23(14)17(27)24(13)34-35(29,30)31;1-5-9-13-17(14-10-6-2,15-11-7-3)16-12-8-4/h4,7,9-10,13-14H,5-6,8,11-12H2,1-3H3,(H,20,26)(H,29,30,31);5-16H2,1-4H3/q;+1/p-1/t13-,14+;/m1./s1. The Kier molecular flexibility index (Phi) is 18.5. The number of amides is 5. The van der Waals surface area contributed by atoms with Crippen LogP contribution in [0.5, 0.6) is 0 Å². The maximum absolute atomic E-state index is 12.5. The van der Waals surface area contributed by atoms with Gasteiger partial charge in [-0.3, -0.25) is 24.2 Å². The predicted molar refractivity (Wildman–Crippen MR) is 193 cm³/mol. The first-order valence-corrected chi connectivity index (χ1v) is 20.0. The van der Waals surface area contributed by atoms with Gasteiger partial charge in [0, 0.05) is 31.7 Å². The molecule has 0 aromatic carbocycles. The van der Waals surface area contributed by atoms with Crippen LogP contribution >= 0.6 is 0 Å². The first-order chi connectivity index (χ1) is 24.5. The maximum Gasteiger partial charge on any atom is 0.414 e. The van der Waals surface area contributed by atoms with Gasteiger partial charge in [0.05, 0.1) is 32.2 Å². The van der Waals surface area contributed by atoms with E-state index in [9.17, 15) is 32.1 Å². The summed E-state index contributed by atoms with van der Waals surface area (Å²) in [6.45, 7) is 19.8. The van der Waals surface area contributed by atoms with Crippen molar-refractivity contribution in [3.05, 3.63) is 24.7 Å². The Hall–Kier alpha value is -3.25. The summed E-state index contributed by atoms with van der Waals surface area (Å²) in [6.07, 6.45) is 16.6. The molecule has 5 amide bonds. The van der Waals surface area contributed by atoms with Crippen LogP contribution in [0.2, 0.25) is 0 Å². The average molecular weight is 759 g/mol. The Labute approximate surface area is 310 Å². The second kappa shape index (κ2) is 21.5. The summed E-state index contributed by atoms with van der Waals surface area (Å²) in [4.78, 5) is 57.9. The number of nitrogens with zero attached hydrogens (tertiary/aromatic N) is 5. The van der Waals surface area contributed by atoms with Crippen LogP contribution in [0.25, 0.3) is 0 Å². The SMILES string of the molecule is CC(C)(C)OC(=O)N1C=CN(C(=O)CONC(=O)[C@@H]2CC[C@@H]3CN2C(=O)N3OS(=O)(=O)[O-])C=CC1.CCCC[N+](CCCC)(CCCC)CCCC. The van der Waals surface area contributed by atoms with Gasteiger partial charge < -0.3 is 18.7 Å². The summed E-state index contributed by atoms with van der Waals surface area (Å²) in [5.41, 5.74) is 1.42. The zero-order chi connectivity index (χ0) is 39.0. The highest BCUT2D eigenvalue weighted by atomic mass is 32.3. The van der Waals surface area contributed by atoms with E-state index >= 15 is 0 Å². The molecule has 0 aromatic rings. The molecule has 0 aromatic heterocycles. The van der Waals surface area contributed by atoms with Gasteiger partial charge in [0.15, 0.2) is 6.61 Å². The average Bonchev–Trinajstić information content (AvgIpc) is 3.23. The molecule has 0 aliphatic carbocycles. The number of hydrogen-bond donors (Lipinski definition) is 1. The van der Waals surface area contributed by atoms with Crippen molar-refractivity contribution in [2.24, 2.45) is 0 Å². The van der Waals surface area contributed by atoms with Crippen molar-refractivity contribution >= 4 is 34.3 Å². The zero-order valence-electron chi connectivity index (χ0n) is 32.2. The number of hydroxylamine groups is 3. The van der Waals surface area contributed by atoms with Gasteiger partial charge in [0.25, 0.3) is 11.8 Å². The number of fused-ring (bicyclic) bond motifs is 2.